The zero-order valence-electron chi connectivity index (χ0n) is 14.7. The van der Waals surface area contributed by atoms with Crippen LogP contribution in [0.25, 0.3) is 0 Å². The molecule has 1 aliphatic rings. The Hall–Kier alpha value is -2.56. The van der Waals surface area contributed by atoms with E-state index in [-0.39, 0.29) is 12.1 Å². The van der Waals surface area contributed by atoms with Crippen molar-refractivity contribution in [2.24, 2.45) is 0 Å². The molecule has 1 aromatic heterocycles. The van der Waals surface area contributed by atoms with Crippen LogP contribution in [0.5, 0.6) is 0 Å². The number of hydrogen-bond donors (Lipinski definition) is 2. The minimum atomic E-state index is -0.144. The van der Waals surface area contributed by atoms with Gasteiger partial charge in [0.1, 0.15) is 0 Å². The van der Waals surface area contributed by atoms with Gasteiger partial charge in [-0.05, 0) is 49.6 Å². The van der Waals surface area contributed by atoms with E-state index in [1.165, 1.54) is 18.5 Å². The van der Waals surface area contributed by atoms with Gasteiger partial charge in [-0.3, -0.25) is 4.98 Å². The SMILES string of the molecule is C[C@H](NC(=O)NCCc1ccccn1)c1cccc(N2CCCC2)c1. The van der Waals surface area contributed by atoms with E-state index < -0.39 is 0 Å². The maximum Gasteiger partial charge on any atom is 0.315 e. The molecule has 2 N–H and O–H groups in total. The molecule has 0 unspecified atom stereocenters. The van der Waals surface area contributed by atoms with Gasteiger partial charge in [0.2, 0.25) is 0 Å². The van der Waals surface area contributed by atoms with E-state index in [0.29, 0.717) is 6.54 Å². The van der Waals surface area contributed by atoms with Gasteiger partial charge in [-0.1, -0.05) is 18.2 Å². The van der Waals surface area contributed by atoms with Crippen LogP contribution in [0.2, 0.25) is 0 Å². The van der Waals surface area contributed by atoms with Crippen LogP contribution in [0.3, 0.4) is 0 Å². The third kappa shape index (κ3) is 4.95. The summed E-state index contributed by atoms with van der Waals surface area (Å²) >= 11 is 0. The first-order chi connectivity index (χ1) is 12.2. The van der Waals surface area contributed by atoms with Crippen LogP contribution in [0.1, 0.15) is 37.1 Å². The van der Waals surface area contributed by atoms with Crippen molar-refractivity contribution in [2.75, 3.05) is 24.5 Å². The summed E-state index contributed by atoms with van der Waals surface area (Å²) in [7, 11) is 0. The summed E-state index contributed by atoms with van der Waals surface area (Å²) in [5.74, 6) is 0. The van der Waals surface area contributed by atoms with E-state index in [0.717, 1.165) is 30.8 Å². The third-order valence-corrected chi connectivity index (χ3v) is 4.58. The number of rotatable bonds is 6. The van der Waals surface area contributed by atoms with Gasteiger partial charge in [-0.2, -0.15) is 0 Å². The van der Waals surface area contributed by atoms with Gasteiger partial charge >= 0.3 is 6.03 Å². The Balaban J connectivity index is 1.48. The Labute approximate surface area is 149 Å². The number of carbonyl (C=O) groups is 1. The fraction of sp³-hybridized carbons (Fsp3) is 0.400. The van der Waals surface area contributed by atoms with Crippen LogP contribution in [-0.2, 0) is 6.42 Å². The predicted octanol–water partition coefficient (Wildman–Crippen LogP) is 3.28. The number of nitrogens with zero attached hydrogens (tertiary/aromatic N) is 2. The lowest BCUT2D eigenvalue weighted by atomic mass is 10.1. The molecular weight excluding hydrogens is 312 g/mol. The molecule has 25 heavy (non-hydrogen) atoms. The van der Waals surface area contributed by atoms with Crippen LogP contribution < -0.4 is 15.5 Å². The fourth-order valence-electron chi connectivity index (χ4n) is 3.15. The zero-order valence-corrected chi connectivity index (χ0v) is 14.7. The van der Waals surface area contributed by atoms with Gasteiger partial charge in [-0.25, -0.2) is 4.79 Å². The quantitative estimate of drug-likeness (QED) is 0.850. The van der Waals surface area contributed by atoms with E-state index >= 15 is 0 Å². The van der Waals surface area contributed by atoms with E-state index in [4.69, 9.17) is 0 Å². The van der Waals surface area contributed by atoms with E-state index in [1.807, 2.05) is 25.1 Å². The Bertz CT molecular complexity index is 683. The molecular formula is C20H26N4O. The van der Waals surface area contributed by atoms with Crippen molar-refractivity contribution in [1.29, 1.82) is 0 Å². The Morgan fingerprint density at radius 1 is 1.20 bits per heavy atom. The Kier molecular flexibility index (Phi) is 5.88. The molecule has 1 atom stereocenters. The number of hydrogen-bond acceptors (Lipinski definition) is 3. The number of carbonyl (C=O) groups excluding carboxylic acids is 1. The van der Waals surface area contributed by atoms with Crippen LogP contribution >= 0.6 is 0 Å². The number of pyridine rings is 1. The highest BCUT2D eigenvalue weighted by atomic mass is 16.2. The van der Waals surface area contributed by atoms with Gasteiger partial charge < -0.3 is 15.5 Å². The average Bonchev–Trinajstić information content (AvgIpc) is 3.17. The summed E-state index contributed by atoms with van der Waals surface area (Å²) in [6.07, 6.45) is 5.02. The van der Waals surface area contributed by atoms with Crippen molar-refractivity contribution in [3.05, 3.63) is 59.9 Å². The summed E-state index contributed by atoms with van der Waals surface area (Å²) in [5.41, 5.74) is 3.36. The molecule has 5 nitrogen and oxygen atoms in total. The first-order valence-corrected chi connectivity index (χ1v) is 9.01. The van der Waals surface area contributed by atoms with Crippen LogP contribution in [-0.4, -0.2) is 30.6 Å². The Morgan fingerprint density at radius 3 is 2.80 bits per heavy atom. The molecule has 5 heteroatoms. The second kappa shape index (κ2) is 8.51. The van der Waals surface area contributed by atoms with Gasteiger partial charge in [0.25, 0.3) is 0 Å². The number of amides is 2. The minimum Gasteiger partial charge on any atom is -0.372 e. The van der Waals surface area contributed by atoms with Gasteiger partial charge in [0.15, 0.2) is 0 Å². The second-order valence-electron chi connectivity index (χ2n) is 6.48. The highest BCUT2D eigenvalue weighted by Crippen LogP contribution is 2.23. The number of urea groups is 1. The first kappa shape index (κ1) is 17.3. The summed E-state index contributed by atoms with van der Waals surface area (Å²) in [4.78, 5) is 18.8. The molecule has 3 rings (SSSR count). The molecule has 1 saturated heterocycles. The van der Waals surface area contributed by atoms with Gasteiger partial charge in [0, 0.05) is 43.6 Å². The predicted molar refractivity (Wildman–Crippen MR) is 101 cm³/mol. The molecule has 0 aliphatic carbocycles. The van der Waals surface area contributed by atoms with Crippen molar-refractivity contribution in [1.82, 2.24) is 15.6 Å². The molecule has 0 radical (unpaired) electrons. The number of aromatic nitrogens is 1. The van der Waals surface area contributed by atoms with Crippen molar-refractivity contribution in [3.63, 3.8) is 0 Å². The second-order valence-corrected chi connectivity index (χ2v) is 6.48. The molecule has 2 aromatic rings. The van der Waals surface area contributed by atoms with E-state index in [9.17, 15) is 4.79 Å². The number of benzene rings is 1. The molecule has 132 valence electrons. The van der Waals surface area contributed by atoms with E-state index in [1.54, 1.807) is 6.20 Å². The molecule has 1 aliphatic heterocycles. The largest absolute Gasteiger partial charge is 0.372 e. The van der Waals surface area contributed by atoms with Crippen molar-refractivity contribution < 1.29 is 4.79 Å². The smallest absolute Gasteiger partial charge is 0.315 e. The molecule has 2 heterocycles. The highest BCUT2D eigenvalue weighted by molar-refractivity contribution is 5.74. The topological polar surface area (TPSA) is 57.3 Å². The van der Waals surface area contributed by atoms with Crippen molar-refractivity contribution in [3.8, 4) is 0 Å². The molecule has 1 aromatic carbocycles. The van der Waals surface area contributed by atoms with Gasteiger partial charge in [0.05, 0.1) is 6.04 Å². The first-order valence-electron chi connectivity index (χ1n) is 9.01. The van der Waals surface area contributed by atoms with Crippen molar-refractivity contribution in [2.45, 2.75) is 32.2 Å². The maximum absolute atomic E-state index is 12.1. The summed E-state index contributed by atoms with van der Waals surface area (Å²) in [5, 5.41) is 5.91. The van der Waals surface area contributed by atoms with Crippen LogP contribution in [0.15, 0.2) is 48.7 Å². The average molecular weight is 338 g/mol. The number of nitrogens with one attached hydrogen (secondary N) is 2. The zero-order chi connectivity index (χ0) is 17.5. The molecule has 0 saturated carbocycles. The highest BCUT2D eigenvalue weighted by Gasteiger charge is 2.14. The Morgan fingerprint density at radius 2 is 2.04 bits per heavy atom. The van der Waals surface area contributed by atoms with Crippen molar-refractivity contribution >= 4 is 11.7 Å². The van der Waals surface area contributed by atoms with E-state index in [2.05, 4.69) is 44.8 Å². The van der Waals surface area contributed by atoms with Crippen LogP contribution in [0, 0.1) is 0 Å². The molecule has 0 spiro atoms. The normalized spacial score (nSPS) is 15.0. The maximum atomic E-state index is 12.1. The lowest BCUT2D eigenvalue weighted by Crippen LogP contribution is -2.38. The summed E-state index contributed by atoms with van der Waals surface area (Å²) in [6.45, 7) is 4.84. The number of anilines is 1. The standard InChI is InChI=1S/C20H26N4O/c1-16(17-7-6-9-19(15-17)24-13-4-5-14-24)23-20(25)22-12-10-18-8-2-3-11-21-18/h2-3,6-9,11,15-16H,4-5,10,12-14H2,1H3,(H2,22,23,25)/t16-/m0/s1. The monoisotopic (exact) mass is 338 g/mol. The lowest BCUT2D eigenvalue weighted by molar-refractivity contribution is 0.238. The van der Waals surface area contributed by atoms with Gasteiger partial charge in [-0.15, -0.1) is 0 Å². The van der Waals surface area contributed by atoms with Crippen LogP contribution in [0.4, 0.5) is 10.5 Å². The third-order valence-electron chi connectivity index (χ3n) is 4.58. The fourth-order valence-corrected chi connectivity index (χ4v) is 3.15. The lowest BCUT2D eigenvalue weighted by Gasteiger charge is -2.21. The molecule has 2 amide bonds. The molecule has 1 fully saturated rings. The molecule has 0 bridgehead atoms. The minimum absolute atomic E-state index is 0.0302. The summed E-state index contributed by atoms with van der Waals surface area (Å²) in [6, 6.07) is 14.1. The summed E-state index contributed by atoms with van der Waals surface area (Å²) < 4.78 is 0.